The van der Waals surface area contributed by atoms with Crippen LogP contribution >= 0.6 is 0 Å². The molecule has 2 unspecified atom stereocenters. The van der Waals surface area contributed by atoms with Crippen LogP contribution in [0.4, 0.5) is 4.39 Å². The molecule has 2 N–H and O–H groups in total. The topological polar surface area (TPSA) is 57.1 Å². The predicted molar refractivity (Wildman–Crippen MR) is 101 cm³/mol. The first-order chi connectivity index (χ1) is 12.5. The second-order valence-electron chi connectivity index (χ2n) is 7.49. The van der Waals surface area contributed by atoms with Gasteiger partial charge in [-0.05, 0) is 44.4 Å². The van der Waals surface area contributed by atoms with E-state index in [1.165, 1.54) is 12.1 Å². The highest BCUT2D eigenvalue weighted by Gasteiger charge is 2.32. The van der Waals surface area contributed by atoms with Gasteiger partial charge in [0.25, 0.3) is 0 Å². The summed E-state index contributed by atoms with van der Waals surface area (Å²) in [6.07, 6.45) is 3.71. The number of benzene rings is 1. The maximum atomic E-state index is 13.2. The van der Waals surface area contributed by atoms with Crippen LogP contribution in [0, 0.1) is 5.82 Å². The second kappa shape index (κ2) is 8.35. The van der Waals surface area contributed by atoms with E-state index < -0.39 is 5.60 Å². The van der Waals surface area contributed by atoms with Crippen molar-refractivity contribution in [3.8, 4) is 0 Å². The van der Waals surface area contributed by atoms with E-state index in [0.717, 1.165) is 50.3 Å². The number of aliphatic imine (C=N–C) groups is 1. The van der Waals surface area contributed by atoms with Gasteiger partial charge < -0.3 is 20.1 Å². The van der Waals surface area contributed by atoms with Crippen LogP contribution in [-0.4, -0.2) is 53.9 Å². The van der Waals surface area contributed by atoms with E-state index in [0.29, 0.717) is 13.1 Å². The van der Waals surface area contributed by atoms with Crippen molar-refractivity contribution >= 4 is 5.96 Å². The Hall–Kier alpha value is -1.66. The lowest BCUT2D eigenvalue weighted by molar-refractivity contribution is -0.0606. The lowest BCUT2D eigenvalue weighted by atomic mass is 10.0. The van der Waals surface area contributed by atoms with Crippen molar-refractivity contribution in [2.75, 3.05) is 26.2 Å². The van der Waals surface area contributed by atoms with Gasteiger partial charge in [-0.3, -0.25) is 4.99 Å². The monoisotopic (exact) mass is 363 g/mol. The number of hydrogen-bond acceptors (Lipinski definition) is 3. The Morgan fingerprint density at radius 2 is 2.00 bits per heavy atom. The van der Waals surface area contributed by atoms with Gasteiger partial charge in [0.2, 0.25) is 0 Å². The summed E-state index contributed by atoms with van der Waals surface area (Å²) >= 11 is 0. The van der Waals surface area contributed by atoms with E-state index in [2.05, 4.69) is 10.2 Å². The number of aliphatic hydroxyl groups is 1. The molecule has 3 rings (SSSR count). The highest BCUT2D eigenvalue weighted by molar-refractivity contribution is 5.80. The van der Waals surface area contributed by atoms with Gasteiger partial charge in [-0.15, -0.1) is 0 Å². The Morgan fingerprint density at radius 3 is 2.65 bits per heavy atom. The fourth-order valence-corrected chi connectivity index (χ4v) is 3.82. The van der Waals surface area contributed by atoms with Crippen LogP contribution in [0.25, 0.3) is 0 Å². The van der Waals surface area contributed by atoms with Crippen LogP contribution < -0.4 is 5.32 Å². The molecular formula is C20H30FN3O2. The Labute approximate surface area is 155 Å². The molecule has 1 aliphatic carbocycles. The van der Waals surface area contributed by atoms with Crippen molar-refractivity contribution in [2.24, 2.45) is 4.99 Å². The highest BCUT2D eigenvalue weighted by Crippen LogP contribution is 2.30. The van der Waals surface area contributed by atoms with Gasteiger partial charge in [0.15, 0.2) is 5.96 Å². The first-order valence-electron chi connectivity index (χ1n) is 9.66. The van der Waals surface area contributed by atoms with Gasteiger partial charge in [0, 0.05) is 13.1 Å². The average molecular weight is 363 g/mol. The zero-order valence-corrected chi connectivity index (χ0v) is 15.7. The van der Waals surface area contributed by atoms with Crippen molar-refractivity contribution in [2.45, 2.75) is 57.3 Å². The SMILES string of the molecule is CCNC(=NCC1(O)CCCC1)N1CC(C)OC(c2ccc(F)cc2)C1. The number of nitrogens with one attached hydrogen (secondary N) is 1. The fourth-order valence-electron chi connectivity index (χ4n) is 3.82. The van der Waals surface area contributed by atoms with Crippen molar-refractivity contribution in [3.05, 3.63) is 35.6 Å². The van der Waals surface area contributed by atoms with Gasteiger partial charge in [0.05, 0.1) is 24.8 Å². The summed E-state index contributed by atoms with van der Waals surface area (Å²) in [6, 6.07) is 6.50. The van der Waals surface area contributed by atoms with E-state index in [1.807, 2.05) is 13.8 Å². The maximum Gasteiger partial charge on any atom is 0.194 e. The number of morpholine rings is 1. The molecule has 2 fully saturated rings. The minimum Gasteiger partial charge on any atom is -0.388 e. The fraction of sp³-hybridized carbons (Fsp3) is 0.650. The minimum absolute atomic E-state index is 0.0391. The smallest absolute Gasteiger partial charge is 0.194 e. The van der Waals surface area contributed by atoms with Crippen molar-refractivity contribution in [3.63, 3.8) is 0 Å². The molecule has 1 aromatic carbocycles. The van der Waals surface area contributed by atoms with Crippen LogP contribution in [-0.2, 0) is 4.74 Å². The quantitative estimate of drug-likeness (QED) is 0.638. The summed E-state index contributed by atoms with van der Waals surface area (Å²) in [4.78, 5) is 6.92. The van der Waals surface area contributed by atoms with Crippen LogP contribution in [0.3, 0.4) is 0 Å². The predicted octanol–water partition coefficient (Wildman–Crippen LogP) is 2.86. The molecule has 1 aliphatic heterocycles. The maximum absolute atomic E-state index is 13.2. The zero-order valence-electron chi connectivity index (χ0n) is 15.7. The standard InChI is InChI=1S/C20H30FN3O2/c1-3-22-19(23-14-20(25)10-4-5-11-20)24-12-15(2)26-18(13-24)16-6-8-17(21)9-7-16/h6-9,15,18,25H,3-5,10-14H2,1-2H3,(H,22,23). The van der Waals surface area contributed by atoms with Gasteiger partial charge in [-0.2, -0.15) is 0 Å². The highest BCUT2D eigenvalue weighted by atomic mass is 19.1. The third-order valence-corrected chi connectivity index (χ3v) is 5.19. The number of halogens is 1. The van der Waals surface area contributed by atoms with Crippen molar-refractivity contribution in [1.29, 1.82) is 0 Å². The molecule has 0 bridgehead atoms. The summed E-state index contributed by atoms with van der Waals surface area (Å²) < 4.78 is 19.3. The average Bonchev–Trinajstić information content (AvgIpc) is 3.05. The number of nitrogens with zero attached hydrogens (tertiary/aromatic N) is 2. The largest absolute Gasteiger partial charge is 0.388 e. The van der Waals surface area contributed by atoms with E-state index in [9.17, 15) is 9.50 Å². The van der Waals surface area contributed by atoms with Crippen LogP contribution in [0.5, 0.6) is 0 Å². The summed E-state index contributed by atoms with van der Waals surface area (Å²) in [6.45, 7) is 6.67. The first kappa shape index (κ1) is 19.1. The molecule has 1 heterocycles. The molecule has 2 atom stereocenters. The molecule has 0 aromatic heterocycles. The number of ether oxygens (including phenoxy) is 1. The molecule has 1 saturated heterocycles. The van der Waals surface area contributed by atoms with Gasteiger partial charge in [-0.25, -0.2) is 4.39 Å². The number of guanidine groups is 1. The Morgan fingerprint density at radius 1 is 1.31 bits per heavy atom. The zero-order chi connectivity index (χ0) is 18.6. The van der Waals surface area contributed by atoms with Crippen LogP contribution in [0.2, 0.25) is 0 Å². The number of hydrogen-bond donors (Lipinski definition) is 2. The first-order valence-corrected chi connectivity index (χ1v) is 9.66. The van der Waals surface area contributed by atoms with E-state index in [4.69, 9.17) is 9.73 Å². The lowest BCUT2D eigenvalue weighted by Gasteiger charge is -2.39. The van der Waals surface area contributed by atoms with Gasteiger partial charge >= 0.3 is 0 Å². The summed E-state index contributed by atoms with van der Waals surface area (Å²) in [5.41, 5.74) is 0.308. The van der Waals surface area contributed by atoms with Crippen molar-refractivity contribution < 1.29 is 14.2 Å². The summed E-state index contributed by atoms with van der Waals surface area (Å²) in [5, 5.41) is 13.9. The minimum atomic E-state index is -0.658. The number of rotatable bonds is 4. The third-order valence-electron chi connectivity index (χ3n) is 5.19. The van der Waals surface area contributed by atoms with Gasteiger partial charge in [0.1, 0.15) is 11.9 Å². The molecule has 0 amide bonds. The van der Waals surface area contributed by atoms with Gasteiger partial charge in [-0.1, -0.05) is 25.0 Å². The third kappa shape index (κ3) is 4.74. The molecule has 26 heavy (non-hydrogen) atoms. The Bertz CT molecular complexity index is 614. The molecule has 0 radical (unpaired) electrons. The molecule has 0 spiro atoms. The van der Waals surface area contributed by atoms with Crippen LogP contribution in [0.1, 0.15) is 51.2 Å². The second-order valence-corrected chi connectivity index (χ2v) is 7.49. The molecular weight excluding hydrogens is 333 g/mol. The molecule has 1 aromatic rings. The molecule has 6 heteroatoms. The normalized spacial score (nSPS) is 26.2. The van der Waals surface area contributed by atoms with E-state index in [1.54, 1.807) is 12.1 Å². The lowest BCUT2D eigenvalue weighted by Crippen LogP contribution is -2.51. The molecule has 1 saturated carbocycles. The summed E-state index contributed by atoms with van der Waals surface area (Å²) in [5.74, 6) is 0.573. The van der Waals surface area contributed by atoms with Crippen LogP contribution in [0.15, 0.2) is 29.3 Å². The molecule has 2 aliphatic rings. The van der Waals surface area contributed by atoms with E-state index in [-0.39, 0.29) is 18.0 Å². The Kier molecular flexibility index (Phi) is 6.14. The summed E-state index contributed by atoms with van der Waals surface area (Å²) in [7, 11) is 0. The molecule has 5 nitrogen and oxygen atoms in total. The Balaban J connectivity index is 1.73. The van der Waals surface area contributed by atoms with E-state index >= 15 is 0 Å². The molecule has 144 valence electrons. The van der Waals surface area contributed by atoms with Crippen molar-refractivity contribution in [1.82, 2.24) is 10.2 Å².